The molecule has 0 aliphatic heterocycles. The summed E-state index contributed by atoms with van der Waals surface area (Å²) in [6, 6.07) is 7.10. The van der Waals surface area contributed by atoms with Gasteiger partial charge in [-0.3, -0.25) is 0 Å². The number of halogens is 1. The zero-order valence-corrected chi connectivity index (χ0v) is 10.6. The summed E-state index contributed by atoms with van der Waals surface area (Å²) in [7, 11) is 1.37. The summed E-state index contributed by atoms with van der Waals surface area (Å²) >= 11 is 5.84. The largest absolute Gasteiger partial charge is 0.616 e. The molecule has 0 spiro atoms. The molecule has 1 aromatic rings. The molecule has 0 fully saturated rings. The van der Waals surface area contributed by atoms with Crippen molar-refractivity contribution in [2.45, 2.75) is 0 Å². The van der Waals surface area contributed by atoms with Crippen LogP contribution in [0.1, 0.15) is 5.56 Å². The quantitative estimate of drug-likeness (QED) is 0.782. The lowest BCUT2D eigenvalue weighted by atomic mass is 10.0. The fraction of sp³-hybridized carbons (Fsp3) is 0.0667. The van der Waals surface area contributed by atoms with Gasteiger partial charge in [0.2, 0.25) is 0 Å². The summed E-state index contributed by atoms with van der Waals surface area (Å²) < 4.78 is 4.81. The minimum absolute atomic E-state index is 0.362. The molecule has 0 amide bonds. The maximum atomic E-state index is 11.8. The first kappa shape index (κ1) is 12.5. The van der Waals surface area contributed by atoms with Crippen LogP contribution in [0.5, 0.6) is 0 Å². The van der Waals surface area contributed by atoms with E-state index in [1.165, 1.54) is 7.11 Å². The maximum Gasteiger partial charge on any atom is 0.0590 e. The number of hydrogen-bond donors (Lipinski definition) is 0. The number of allylic oxidation sites excluding steroid dienone is 7. The summed E-state index contributed by atoms with van der Waals surface area (Å²) in [6.07, 6.45) is 9.50. The number of hydrogen-bond acceptors (Lipinski definition) is 2. The molecule has 2 rings (SSSR count). The van der Waals surface area contributed by atoms with Gasteiger partial charge in [-0.2, -0.15) is 0 Å². The Morgan fingerprint density at radius 1 is 1.17 bits per heavy atom. The van der Waals surface area contributed by atoms with Crippen molar-refractivity contribution >= 4 is 17.2 Å². The molecule has 0 saturated heterocycles. The molecule has 0 unspecified atom stereocenters. The first-order valence-electron chi connectivity index (χ1n) is 5.48. The molecule has 92 valence electrons. The van der Waals surface area contributed by atoms with Crippen LogP contribution in [0.15, 0.2) is 66.2 Å². The van der Waals surface area contributed by atoms with E-state index in [1.54, 1.807) is 30.3 Å². The molecule has 0 saturated carbocycles. The van der Waals surface area contributed by atoms with Crippen molar-refractivity contribution < 1.29 is 9.84 Å². The van der Waals surface area contributed by atoms with E-state index in [1.807, 2.05) is 24.3 Å². The number of rotatable bonds is 3. The van der Waals surface area contributed by atoms with Gasteiger partial charge in [-0.1, -0.05) is 48.0 Å². The predicted octanol–water partition coefficient (Wildman–Crippen LogP) is 3.07. The summed E-state index contributed by atoms with van der Waals surface area (Å²) in [6.45, 7) is 0. The molecule has 0 N–H and O–H groups in total. The number of methoxy groups -OCH3 is 1. The molecule has 0 radical (unpaired) electrons. The van der Waals surface area contributed by atoms with E-state index in [0.717, 1.165) is 11.1 Å². The highest BCUT2D eigenvalue weighted by molar-refractivity contribution is 6.30. The van der Waals surface area contributed by atoms with Gasteiger partial charge in [-0.15, -0.1) is 0 Å². The van der Waals surface area contributed by atoms with Crippen LogP contribution in [0, 0.1) is 0 Å². The second-order valence-electron chi connectivity index (χ2n) is 3.77. The Balaban J connectivity index is 2.44. The monoisotopic (exact) mass is 259 g/mol. The summed E-state index contributed by atoms with van der Waals surface area (Å²) in [5.74, 6) is -0.362. The van der Waals surface area contributed by atoms with E-state index >= 15 is 0 Å². The Labute approximate surface area is 111 Å². The number of ether oxygens (including phenoxy) is 1. The zero-order chi connectivity index (χ0) is 13.0. The Morgan fingerprint density at radius 3 is 2.33 bits per heavy atom. The average molecular weight is 260 g/mol. The van der Waals surface area contributed by atoms with E-state index < -0.39 is 0 Å². The van der Waals surface area contributed by atoms with Crippen molar-refractivity contribution in [3.8, 4) is 0 Å². The smallest absolute Gasteiger partial charge is 0.0590 e. The lowest BCUT2D eigenvalue weighted by Crippen LogP contribution is -2.08. The van der Waals surface area contributed by atoms with Crippen molar-refractivity contribution in [1.29, 1.82) is 0 Å². The van der Waals surface area contributed by atoms with E-state index in [9.17, 15) is 5.11 Å². The van der Waals surface area contributed by atoms with Gasteiger partial charge in [0.05, 0.1) is 5.95 Å². The molecule has 1 aliphatic carbocycles. The average Bonchev–Trinajstić information content (AvgIpc) is 2.89. The fourth-order valence-corrected chi connectivity index (χ4v) is 1.78. The summed E-state index contributed by atoms with van der Waals surface area (Å²) in [5, 5.41) is 12.4. The molecule has 0 atom stereocenters. The molecule has 2 nitrogen and oxygen atoms in total. The van der Waals surface area contributed by atoms with Gasteiger partial charge in [0, 0.05) is 10.6 Å². The first-order valence-corrected chi connectivity index (χ1v) is 5.86. The topological polar surface area (TPSA) is 32.3 Å². The highest BCUT2D eigenvalue weighted by Crippen LogP contribution is 2.23. The fourth-order valence-electron chi connectivity index (χ4n) is 1.65. The summed E-state index contributed by atoms with van der Waals surface area (Å²) in [4.78, 5) is 0. The third-order valence-corrected chi connectivity index (χ3v) is 2.81. The van der Waals surface area contributed by atoms with Crippen LogP contribution in [0.25, 0.3) is 5.57 Å². The van der Waals surface area contributed by atoms with E-state index in [0.29, 0.717) is 10.6 Å². The van der Waals surface area contributed by atoms with Gasteiger partial charge >= 0.3 is 0 Å². The molecular formula is C15H12ClO2-. The molecule has 18 heavy (non-hydrogen) atoms. The SMILES string of the molecule is CO/C([O-])=C(/C=C1C=CC=C1)c1ccc(Cl)cc1. The van der Waals surface area contributed by atoms with Crippen molar-refractivity contribution in [2.75, 3.05) is 7.11 Å². The minimum atomic E-state index is -0.362. The highest BCUT2D eigenvalue weighted by Gasteiger charge is 2.03. The Bertz CT molecular complexity index is 534. The van der Waals surface area contributed by atoms with E-state index in [-0.39, 0.29) is 5.95 Å². The molecule has 1 aromatic carbocycles. The Hall–Kier alpha value is -1.93. The Kier molecular flexibility index (Phi) is 3.90. The lowest BCUT2D eigenvalue weighted by Gasteiger charge is -2.15. The maximum absolute atomic E-state index is 11.8. The van der Waals surface area contributed by atoms with Crippen LogP contribution < -0.4 is 5.11 Å². The van der Waals surface area contributed by atoms with Crippen LogP contribution in [-0.4, -0.2) is 7.11 Å². The van der Waals surface area contributed by atoms with Gasteiger partial charge in [0.15, 0.2) is 0 Å². The second kappa shape index (κ2) is 5.61. The van der Waals surface area contributed by atoms with Gasteiger partial charge in [0.1, 0.15) is 0 Å². The summed E-state index contributed by atoms with van der Waals surface area (Å²) in [5.41, 5.74) is 2.26. The van der Waals surface area contributed by atoms with E-state index in [4.69, 9.17) is 16.3 Å². The lowest BCUT2D eigenvalue weighted by molar-refractivity contribution is -0.351. The van der Waals surface area contributed by atoms with Crippen LogP contribution in [0.3, 0.4) is 0 Å². The zero-order valence-electron chi connectivity index (χ0n) is 9.89. The first-order chi connectivity index (χ1) is 8.70. The predicted molar refractivity (Wildman–Crippen MR) is 71.7 cm³/mol. The van der Waals surface area contributed by atoms with Crippen LogP contribution >= 0.6 is 11.6 Å². The second-order valence-corrected chi connectivity index (χ2v) is 4.21. The van der Waals surface area contributed by atoms with Gasteiger partial charge in [-0.05, 0) is 36.5 Å². The van der Waals surface area contributed by atoms with Gasteiger partial charge < -0.3 is 9.84 Å². The molecule has 0 aromatic heterocycles. The molecule has 0 heterocycles. The minimum Gasteiger partial charge on any atom is -0.616 e. The van der Waals surface area contributed by atoms with Gasteiger partial charge in [0.25, 0.3) is 0 Å². The highest BCUT2D eigenvalue weighted by atomic mass is 35.5. The molecule has 1 aliphatic rings. The number of benzene rings is 1. The van der Waals surface area contributed by atoms with Crippen LogP contribution in [0.2, 0.25) is 5.02 Å². The van der Waals surface area contributed by atoms with E-state index in [2.05, 4.69) is 0 Å². The van der Waals surface area contributed by atoms with Crippen LogP contribution in [-0.2, 0) is 4.74 Å². The Morgan fingerprint density at radius 2 is 1.78 bits per heavy atom. The van der Waals surface area contributed by atoms with Crippen molar-refractivity contribution in [1.82, 2.24) is 0 Å². The third-order valence-electron chi connectivity index (χ3n) is 2.56. The van der Waals surface area contributed by atoms with Gasteiger partial charge in [-0.25, -0.2) is 0 Å². The van der Waals surface area contributed by atoms with Crippen molar-refractivity contribution in [3.63, 3.8) is 0 Å². The van der Waals surface area contributed by atoms with Crippen molar-refractivity contribution in [3.05, 3.63) is 76.7 Å². The molecular weight excluding hydrogens is 248 g/mol. The molecule has 0 bridgehead atoms. The molecule has 3 heteroatoms. The van der Waals surface area contributed by atoms with Crippen molar-refractivity contribution in [2.24, 2.45) is 0 Å². The van der Waals surface area contributed by atoms with Crippen LogP contribution in [0.4, 0.5) is 0 Å². The standard InChI is InChI=1S/C15H13ClO2/c1-18-15(17)14(10-11-4-2-3-5-11)12-6-8-13(16)9-7-12/h2-10,17H,1H3/p-1/b15-14-. The normalized spacial score (nSPS) is 14.7. The third kappa shape index (κ3) is 2.84.